The highest BCUT2D eigenvalue weighted by molar-refractivity contribution is 7.87. The molecule has 0 N–H and O–H groups in total. The van der Waals surface area contributed by atoms with E-state index in [0.29, 0.717) is 25.7 Å². The quantitative estimate of drug-likeness (QED) is 0.0426. The van der Waals surface area contributed by atoms with Crippen LogP contribution in [0.1, 0.15) is 98.8 Å². The van der Waals surface area contributed by atoms with Crippen LogP contribution in [0.5, 0.6) is 0 Å². The van der Waals surface area contributed by atoms with Gasteiger partial charge in [-0.05, 0) is 78.6 Å². The van der Waals surface area contributed by atoms with Crippen molar-refractivity contribution >= 4 is 28.0 Å². The predicted octanol–water partition coefficient (Wildman–Crippen LogP) is 6.86. The summed E-state index contributed by atoms with van der Waals surface area (Å²) in [7, 11) is -5.43. The number of carbonyl (C=O) groups excluding carboxylic acids is 3. The average Bonchev–Trinajstić information content (AvgIpc) is 3.62. The normalized spacial score (nSPS) is 30.7. The number of hydrogen-bond acceptors (Lipinski definition) is 12. The van der Waals surface area contributed by atoms with E-state index in [4.69, 9.17) is 32.6 Å². The van der Waals surface area contributed by atoms with Gasteiger partial charge in [0.2, 0.25) is 5.79 Å². The molecule has 5 aliphatic rings. The molecule has 12 nitrogen and oxygen atoms in total. The number of halogens is 3. The van der Waals surface area contributed by atoms with Crippen LogP contribution in [0.4, 0.5) is 13.2 Å². The molecule has 54 heavy (non-hydrogen) atoms. The van der Waals surface area contributed by atoms with Gasteiger partial charge in [-0.25, -0.2) is 4.79 Å². The molecule has 0 aromatic carbocycles. The van der Waals surface area contributed by atoms with E-state index in [9.17, 15) is 36.0 Å². The van der Waals surface area contributed by atoms with Crippen LogP contribution < -0.4 is 0 Å². The number of hydrogen-bond donors (Lipinski definition) is 0. The molecule has 3 fully saturated rings. The molecule has 2 aliphatic carbocycles. The maximum absolute atomic E-state index is 14.5. The van der Waals surface area contributed by atoms with Crippen molar-refractivity contribution < 1.29 is 68.6 Å². The lowest BCUT2D eigenvalue weighted by Crippen LogP contribution is -2.63. The van der Waals surface area contributed by atoms with E-state index in [0.717, 1.165) is 26.4 Å². The lowest BCUT2D eigenvalue weighted by atomic mass is 9.60. The van der Waals surface area contributed by atoms with Crippen molar-refractivity contribution in [3.8, 4) is 0 Å². The first kappa shape index (κ1) is 41.9. The monoisotopic (exact) mass is 788 g/mol. The van der Waals surface area contributed by atoms with Gasteiger partial charge in [-0.2, -0.15) is 21.6 Å². The van der Waals surface area contributed by atoms with Gasteiger partial charge in [-0.15, -0.1) is 0 Å². The molecule has 5 bridgehead atoms. The van der Waals surface area contributed by atoms with Gasteiger partial charge in [-0.3, -0.25) is 9.59 Å². The molecule has 16 heteroatoms. The lowest BCUT2D eigenvalue weighted by Gasteiger charge is -2.55. The summed E-state index contributed by atoms with van der Waals surface area (Å²) in [5.74, 6) is -10.6. The topological polar surface area (TPSA) is 150 Å². The molecule has 302 valence electrons. The molecule has 0 unspecified atom stereocenters. The van der Waals surface area contributed by atoms with E-state index in [1.807, 2.05) is 38.2 Å². The standard InChI is InChI=1S/C38H51F3O12S/c1-7-9-11-12-13-14-16-24-20-27-35(23-29(42)51-34(3,4)5)22-26(32(43)47-6)31(53-54(45,46)38(39,40)41)30-25(24)21-28(50-37(27,30)52-33(35)44)36(17-15-10-8-2)48-18-19-49-36/h7-10,20,24-25,28,30H,11-19,21-23H2,1-6H3/b9-7+,10-8+/t24-,25+,28-,30+,35+,37+/m1/s1. The first-order chi connectivity index (χ1) is 25.3. The minimum absolute atomic E-state index is 0.0409. The fourth-order valence-corrected chi connectivity index (χ4v) is 9.11. The van der Waals surface area contributed by atoms with E-state index < -0.39 is 104 Å². The van der Waals surface area contributed by atoms with Crippen molar-refractivity contribution in [3.63, 3.8) is 0 Å². The van der Waals surface area contributed by atoms with Crippen LogP contribution in [0.3, 0.4) is 0 Å². The Kier molecular flexibility index (Phi) is 12.2. The highest BCUT2D eigenvalue weighted by atomic mass is 32.2. The zero-order chi connectivity index (χ0) is 39.7. The predicted molar refractivity (Wildman–Crippen MR) is 186 cm³/mol. The molecule has 5 rings (SSSR count). The molecular weight excluding hydrogens is 737 g/mol. The van der Waals surface area contributed by atoms with Crippen LogP contribution in [0.2, 0.25) is 0 Å². The highest BCUT2D eigenvalue weighted by Gasteiger charge is 2.76. The molecule has 3 heterocycles. The van der Waals surface area contributed by atoms with Gasteiger partial charge in [0.25, 0.3) is 0 Å². The van der Waals surface area contributed by atoms with E-state index in [2.05, 4.69) is 0 Å². The van der Waals surface area contributed by atoms with Crippen molar-refractivity contribution in [2.75, 3.05) is 20.3 Å². The largest absolute Gasteiger partial charge is 0.534 e. The SMILES string of the molecule is C/C=C/CCCCC[C@@H]1C=C2[C@@]3(CC(=O)OC(C)(C)C)CC(C(=O)OC)=C(OS(=O)(=O)C(F)(F)F)[C@@H]4[C@H]1C[C@H](C1(CC/C=C/C)OCCO1)O[C@]24OC3=O. The Morgan fingerprint density at radius 1 is 1.02 bits per heavy atom. The minimum Gasteiger partial charge on any atom is -0.466 e. The van der Waals surface area contributed by atoms with Gasteiger partial charge in [0, 0.05) is 18.4 Å². The van der Waals surface area contributed by atoms with Gasteiger partial charge in [0.15, 0.2) is 5.79 Å². The summed E-state index contributed by atoms with van der Waals surface area (Å²) >= 11 is 0. The Morgan fingerprint density at radius 3 is 2.30 bits per heavy atom. The summed E-state index contributed by atoms with van der Waals surface area (Å²) in [6.07, 6.45) is 11.5. The average molecular weight is 789 g/mol. The smallest absolute Gasteiger partial charge is 0.466 e. The second kappa shape index (κ2) is 15.7. The lowest BCUT2D eigenvalue weighted by molar-refractivity contribution is -0.339. The summed E-state index contributed by atoms with van der Waals surface area (Å²) in [5, 5.41) is 0. The third-order valence-corrected chi connectivity index (χ3v) is 11.7. The van der Waals surface area contributed by atoms with Gasteiger partial charge in [0.05, 0.1) is 38.2 Å². The maximum atomic E-state index is 14.5. The number of alkyl halides is 3. The van der Waals surface area contributed by atoms with Crippen molar-refractivity contribution in [2.24, 2.45) is 23.2 Å². The second-order valence-corrected chi connectivity index (χ2v) is 17.0. The zero-order valence-electron chi connectivity index (χ0n) is 31.6. The molecule has 0 saturated carbocycles. The molecular formula is C38H51F3O12S. The van der Waals surface area contributed by atoms with Crippen LogP contribution in [0.15, 0.2) is 47.3 Å². The fourth-order valence-electron chi connectivity index (χ4n) is 8.58. The van der Waals surface area contributed by atoms with Gasteiger partial charge < -0.3 is 32.6 Å². The number of methoxy groups -OCH3 is 1. The Morgan fingerprint density at radius 2 is 1.69 bits per heavy atom. The van der Waals surface area contributed by atoms with Crippen molar-refractivity contribution in [1.29, 1.82) is 0 Å². The summed E-state index contributed by atoms with van der Waals surface area (Å²) in [6.45, 7) is 9.06. The van der Waals surface area contributed by atoms with Gasteiger partial charge in [-0.1, -0.05) is 43.2 Å². The Hall–Kier alpha value is -3.21. The van der Waals surface area contributed by atoms with Crippen molar-refractivity contribution in [1.82, 2.24) is 0 Å². The number of allylic oxidation sites excluding steroid dienone is 5. The van der Waals surface area contributed by atoms with Gasteiger partial charge in [0.1, 0.15) is 22.9 Å². The van der Waals surface area contributed by atoms with Gasteiger partial charge >= 0.3 is 33.5 Å². The van der Waals surface area contributed by atoms with Crippen LogP contribution >= 0.6 is 0 Å². The summed E-state index contributed by atoms with van der Waals surface area (Å²) in [5.41, 5.74) is -9.55. The number of rotatable bonds is 15. The Bertz CT molecular complexity index is 1680. The van der Waals surface area contributed by atoms with E-state index in [-0.39, 0.29) is 25.2 Å². The molecule has 3 saturated heterocycles. The minimum atomic E-state index is -6.40. The highest BCUT2D eigenvalue weighted by Crippen LogP contribution is 2.68. The first-order valence-corrected chi connectivity index (χ1v) is 19.9. The van der Waals surface area contributed by atoms with E-state index in [1.54, 1.807) is 26.8 Å². The molecule has 1 spiro atoms. The Labute approximate surface area is 314 Å². The summed E-state index contributed by atoms with van der Waals surface area (Å²) in [4.78, 5) is 41.8. The third-order valence-electron chi connectivity index (χ3n) is 10.7. The number of ether oxygens (including phenoxy) is 6. The molecule has 6 atom stereocenters. The Balaban J connectivity index is 1.76. The molecule has 0 aromatic rings. The summed E-state index contributed by atoms with van der Waals surface area (Å²) < 4.78 is 109. The van der Waals surface area contributed by atoms with Crippen LogP contribution in [-0.4, -0.2) is 75.4 Å². The van der Waals surface area contributed by atoms with Crippen molar-refractivity contribution in [3.05, 3.63) is 47.3 Å². The van der Waals surface area contributed by atoms with Crippen LogP contribution in [0, 0.1) is 23.2 Å². The number of unbranched alkanes of at least 4 members (excludes halogenated alkanes) is 3. The number of carbonyl (C=O) groups is 3. The van der Waals surface area contributed by atoms with E-state index in [1.165, 1.54) is 0 Å². The van der Waals surface area contributed by atoms with E-state index >= 15 is 0 Å². The van der Waals surface area contributed by atoms with Crippen molar-refractivity contribution in [2.45, 2.75) is 128 Å². The molecule has 3 aliphatic heterocycles. The third kappa shape index (κ3) is 7.90. The molecule has 0 radical (unpaired) electrons. The maximum Gasteiger partial charge on any atom is 0.534 e. The second-order valence-electron chi connectivity index (χ2n) is 15.4. The molecule has 0 amide bonds. The van der Waals surface area contributed by atoms with Crippen LogP contribution in [-0.2, 0) is 57.1 Å². The first-order valence-electron chi connectivity index (χ1n) is 18.5. The fraction of sp³-hybridized carbons (Fsp3) is 0.711. The zero-order valence-corrected chi connectivity index (χ0v) is 32.4. The van der Waals surface area contributed by atoms with Crippen LogP contribution in [0.25, 0.3) is 0 Å². The summed E-state index contributed by atoms with van der Waals surface area (Å²) in [6, 6.07) is 0. The number of esters is 3. The molecule has 0 aromatic heterocycles.